The van der Waals surface area contributed by atoms with Crippen LogP contribution in [0.5, 0.6) is 5.75 Å². The van der Waals surface area contributed by atoms with E-state index < -0.39 is 12.1 Å². The van der Waals surface area contributed by atoms with Crippen LogP contribution in [0.3, 0.4) is 0 Å². The first-order valence-electron chi connectivity index (χ1n) is 5.52. The second-order valence-electron chi connectivity index (χ2n) is 3.81. The van der Waals surface area contributed by atoms with Gasteiger partial charge >= 0.3 is 12.1 Å². The Morgan fingerprint density at radius 1 is 1.42 bits per heavy atom. The molecule has 0 heterocycles. The molecule has 1 rings (SSSR count). The van der Waals surface area contributed by atoms with Gasteiger partial charge in [-0.3, -0.25) is 4.79 Å². The number of carbonyl (C=O) groups excluding carboxylic acids is 1. The normalized spacial score (nSPS) is 11.2. The number of methoxy groups -OCH3 is 1. The van der Waals surface area contributed by atoms with Crippen molar-refractivity contribution in [1.29, 1.82) is 0 Å². The second-order valence-corrected chi connectivity index (χ2v) is 4.98. The standard InChI is InChI=1S/C12H13F3INO2/c1-19-9-4-5-10(16)8(7-9)3-2-6-17-11(18)12(13,14)15/h4-5,7H,2-3,6H2,1H3,(H,17,18). The van der Waals surface area contributed by atoms with Crippen molar-refractivity contribution in [3.8, 4) is 5.75 Å². The number of aryl methyl sites for hydroxylation is 1. The molecule has 1 aromatic rings. The minimum absolute atomic E-state index is 0.00830. The summed E-state index contributed by atoms with van der Waals surface area (Å²) in [5, 5.41) is 1.84. The first-order chi connectivity index (χ1) is 8.84. The fourth-order valence-electron chi connectivity index (χ4n) is 1.45. The van der Waals surface area contributed by atoms with Gasteiger partial charge in [0.05, 0.1) is 7.11 Å². The van der Waals surface area contributed by atoms with Crippen LogP contribution in [-0.4, -0.2) is 25.7 Å². The summed E-state index contributed by atoms with van der Waals surface area (Å²) < 4.78 is 41.9. The van der Waals surface area contributed by atoms with Crippen LogP contribution in [0, 0.1) is 3.57 Å². The number of benzene rings is 1. The Labute approximate surface area is 122 Å². The lowest BCUT2D eigenvalue weighted by Crippen LogP contribution is -2.37. The van der Waals surface area contributed by atoms with Gasteiger partial charge in [-0.2, -0.15) is 13.2 Å². The fourth-order valence-corrected chi connectivity index (χ4v) is 2.06. The van der Waals surface area contributed by atoms with Crippen molar-refractivity contribution in [2.45, 2.75) is 19.0 Å². The van der Waals surface area contributed by atoms with E-state index in [0.29, 0.717) is 18.6 Å². The SMILES string of the molecule is COc1ccc(I)c(CCCNC(=O)C(F)(F)F)c1. The number of nitrogens with one attached hydrogen (secondary N) is 1. The Morgan fingerprint density at radius 3 is 2.68 bits per heavy atom. The molecule has 0 spiro atoms. The minimum Gasteiger partial charge on any atom is -0.497 e. The third kappa shape index (κ3) is 5.25. The van der Waals surface area contributed by atoms with E-state index in [4.69, 9.17) is 4.74 Å². The quantitative estimate of drug-likeness (QED) is 0.624. The number of ether oxygens (including phenoxy) is 1. The van der Waals surface area contributed by atoms with Crippen LogP contribution >= 0.6 is 22.6 Å². The highest BCUT2D eigenvalue weighted by Crippen LogP contribution is 2.20. The molecule has 19 heavy (non-hydrogen) atoms. The summed E-state index contributed by atoms with van der Waals surface area (Å²) in [5.74, 6) is -1.19. The summed E-state index contributed by atoms with van der Waals surface area (Å²) in [6, 6.07) is 5.53. The molecule has 1 N–H and O–H groups in total. The molecule has 0 aliphatic rings. The topological polar surface area (TPSA) is 38.3 Å². The van der Waals surface area contributed by atoms with Crippen molar-refractivity contribution in [3.63, 3.8) is 0 Å². The molecule has 106 valence electrons. The molecular weight excluding hydrogens is 374 g/mol. The van der Waals surface area contributed by atoms with Crippen molar-refractivity contribution in [3.05, 3.63) is 27.3 Å². The molecule has 0 radical (unpaired) electrons. The van der Waals surface area contributed by atoms with Crippen molar-refractivity contribution < 1.29 is 22.7 Å². The van der Waals surface area contributed by atoms with E-state index in [1.807, 2.05) is 23.5 Å². The van der Waals surface area contributed by atoms with E-state index >= 15 is 0 Å². The van der Waals surface area contributed by atoms with E-state index in [1.165, 1.54) is 0 Å². The van der Waals surface area contributed by atoms with Gasteiger partial charge in [-0.05, 0) is 59.2 Å². The van der Waals surface area contributed by atoms with Crippen LogP contribution in [0.25, 0.3) is 0 Å². The van der Waals surface area contributed by atoms with Gasteiger partial charge in [-0.25, -0.2) is 0 Å². The third-order valence-electron chi connectivity index (χ3n) is 2.42. The molecule has 0 saturated heterocycles. The average molecular weight is 387 g/mol. The number of amides is 1. The Bertz CT molecular complexity index is 449. The predicted molar refractivity (Wildman–Crippen MR) is 73.1 cm³/mol. The summed E-state index contributed by atoms with van der Waals surface area (Å²) in [4.78, 5) is 10.6. The first kappa shape index (κ1) is 16.1. The van der Waals surface area contributed by atoms with Crippen LogP contribution in [0.2, 0.25) is 0 Å². The summed E-state index contributed by atoms with van der Waals surface area (Å²) in [6.45, 7) is -0.00830. The molecule has 1 aromatic carbocycles. The number of alkyl halides is 3. The summed E-state index contributed by atoms with van der Waals surface area (Å²) in [7, 11) is 1.55. The highest BCUT2D eigenvalue weighted by atomic mass is 127. The zero-order chi connectivity index (χ0) is 14.5. The molecule has 0 unspecified atom stereocenters. The second kappa shape index (κ2) is 6.97. The molecule has 0 aliphatic carbocycles. The average Bonchev–Trinajstić information content (AvgIpc) is 2.35. The minimum atomic E-state index is -4.82. The summed E-state index contributed by atoms with van der Waals surface area (Å²) in [5.41, 5.74) is 0.987. The van der Waals surface area contributed by atoms with Gasteiger partial charge in [0, 0.05) is 10.1 Å². The Kier molecular flexibility index (Phi) is 5.89. The molecule has 3 nitrogen and oxygen atoms in total. The number of hydrogen-bond donors (Lipinski definition) is 1. The zero-order valence-electron chi connectivity index (χ0n) is 10.2. The molecule has 1 amide bonds. The molecule has 7 heteroatoms. The molecule has 0 atom stereocenters. The smallest absolute Gasteiger partial charge is 0.471 e. The Balaban J connectivity index is 2.43. The fraction of sp³-hybridized carbons (Fsp3) is 0.417. The molecule has 0 aliphatic heterocycles. The van der Waals surface area contributed by atoms with Crippen molar-refractivity contribution in [2.75, 3.05) is 13.7 Å². The molecule has 0 saturated carbocycles. The van der Waals surface area contributed by atoms with Gasteiger partial charge in [0.1, 0.15) is 5.75 Å². The van der Waals surface area contributed by atoms with E-state index in [0.717, 1.165) is 9.13 Å². The first-order valence-corrected chi connectivity index (χ1v) is 6.60. The highest BCUT2D eigenvalue weighted by Gasteiger charge is 2.38. The van der Waals surface area contributed by atoms with Crippen LogP contribution in [-0.2, 0) is 11.2 Å². The van der Waals surface area contributed by atoms with Crippen LogP contribution < -0.4 is 10.1 Å². The van der Waals surface area contributed by atoms with Crippen molar-refractivity contribution in [1.82, 2.24) is 5.32 Å². The van der Waals surface area contributed by atoms with Crippen LogP contribution in [0.1, 0.15) is 12.0 Å². The van der Waals surface area contributed by atoms with E-state index in [-0.39, 0.29) is 6.54 Å². The van der Waals surface area contributed by atoms with Gasteiger partial charge in [-0.15, -0.1) is 0 Å². The monoisotopic (exact) mass is 387 g/mol. The molecule has 0 fully saturated rings. The maximum atomic E-state index is 11.9. The largest absolute Gasteiger partial charge is 0.497 e. The van der Waals surface area contributed by atoms with E-state index in [1.54, 1.807) is 7.11 Å². The molecule has 0 bridgehead atoms. The van der Waals surface area contributed by atoms with Crippen LogP contribution in [0.15, 0.2) is 18.2 Å². The van der Waals surface area contributed by atoms with Crippen LogP contribution in [0.4, 0.5) is 13.2 Å². The number of rotatable bonds is 5. The highest BCUT2D eigenvalue weighted by molar-refractivity contribution is 14.1. The molecular formula is C12H13F3INO2. The maximum absolute atomic E-state index is 11.9. The van der Waals surface area contributed by atoms with E-state index in [9.17, 15) is 18.0 Å². The van der Waals surface area contributed by atoms with Gasteiger partial charge in [-0.1, -0.05) is 0 Å². The van der Waals surface area contributed by atoms with Gasteiger partial charge < -0.3 is 10.1 Å². The lowest BCUT2D eigenvalue weighted by molar-refractivity contribution is -0.173. The lowest BCUT2D eigenvalue weighted by atomic mass is 10.1. The summed E-state index contributed by atoms with van der Waals surface area (Å²) in [6.07, 6.45) is -3.80. The Morgan fingerprint density at radius 2 is 2.11 bits per heavy atom. The summed E-state index contributed by atoms with van der Waals surface area (Å²) >= 11 is 2.15. The maximum Gasteiger partial charge on any atom is 0.471 e. The lowest BCUT2D eigenvalue weighted by Gasteiger charge is -2.09. The van der Waals surface area contributed by atoms with E-state index in [2.05, 4.69) is 22.6 Å². The van der Waals surface area contributed by atoms with Gasteiger partial charge in [0.15, 0.2) is 0 Å². The van der Waals surface area contributed by atoms with Crippen molar-refractivity contribution in [2.24, 2.45) is 0 Å². The predicted octanol–water partition coefficient (Wildman–Crippen LogP) is 2.91. The Hall–Kier alpha value is -0.990. The van der Waals surface area contributed by atoms with Gasteiger partial charge in [0.2, 0.25) is 0 Å². The van der Waals surface area contributed by atoms with Crippen molar-refractivity contribution >= 4 is 28.5 Å². The third-order valence-corrected chi connectivity index (χ3v) is 3.47. The molecule has 0 aromatic heterocycles. The number of hydrogen-bond acceptors (Lipinski definition) is 2. The number of halogens is 4. The zero-order valence-corrected chi connectivity index (χ0v) is 12.3. The van der Waals surface area contributed by atoms with Gasteiger partial charge in [0.25, 0.3) is 0 Å². The number of carbonyl (C=O) groups is 1.